The molecule has 3 heteroatoms. The molecular weight excluding hydrogens is 104 g/mol. The molecule has 0 aromatic carbocycles. The molecule has 0 amide bonds. The van der Waals surface area contributed by atoms with Crippen molar-refractivity contribution < 1.29 is 0 Å². The molecule has 0 aromatic rings. The van der Waals surface area contributed by atoms with E-state index in [1.807, 2.05) is 13.8 Å². The second-order valence-corrected chi connectivity index (χ2v) is 1.63. The third kappa shape index (κ3) is 2.55. The molecule has 0 bridgehead atoms. The van der Waals surface area contributed by atoms with Gasteiger partial charge in [0.1, 0.15) is 0 Å². The highest BCUT2D eigenvalue weighted by atomic mass is 16.3. The van der Waals surface area contributed by atoms with Crippen molar-refractivity contribution in [2.75, 3.05) is 13.1 Å². The van der Waals surface area contributed by atoms with E-state index in [1.165, 1.54) is 5.01 Å². The molecule has 0 spiro atoms. The van der Waals surface area contributed by atoms with Crippen molar-refractivity contribution in [3.8, 4) is 0 Å². The first-order valence-corrected chi connectivity index (χ1v) is 2.93. The molecule has 0 aliphatic carbocycles. The van der Waals surface area contributed by atoms with Crippen LogP contribution in [0.2, 0.25) is 0 Å². The van der Waals surface area contributed by atoms with Crippen LogP contribution < -0.4 is 0 Å². The van der Waals surface area contributed by atoms with Gasteiger partial charge in [-0.25, -0.2) is 0 Å². The van der Waals surface area contributed by atoms with Crippen molar-refractivity contribution in [1.82, 2.24) is 5.01 Å². The SMILES string of the molecule is CCCN(CC)N=O. The van der Waals surface area contributed by atoms with Crippen LogP contribution in [-0.4, -0.2) is 18.1 Å². The fraction of sp³-hybridized carbons (Fsp3) is 1.00. The Labute approximate surface area is 49.6 Å². The smallest absolute Gasteiger partial charge is 0.0523 e. The maximum absolute atomic E-state index is 9.80. The quantitative estimate of drug-likeness (QED) is 0.411. The largest absolute Gasteiger partial charge is 0.261 e. The van der Waals surface area contributed by atoms with Crippen molar-refractivity contribution in [2.24, 2.45) is 5.29 Å². The molecule has 0 heterocycles. The van der Waals surface area contributed by atoms with Gasteiger partial charge in [0.15, 0.2) is 0 Å². The first-order chi connectivity index (χ1) is 3.85. The van der Waals surface area contributed by atoms with E-state index in [2.05, 4.69) is 5.29 Å². The fourth-order valence-corrected chi connectivity index (χ4v) is 0.515. The highest BCUT2D eigenvalue weighted by Gasteiger charge is 1.92. The Balaban J connectivity index is 3.21. The lowest BCUT2D eigenvalue weighted by Gasteiger charge is -2.08. The normalized spacial score (nSPS) is 8.75. The van der Waals surface area contributed by atoms with Gasteiger partial charge in [-0.3, -0.25) is 5.01 Å². The van der Waals surface area contributed by atoms with Crippen LogP contribution in [0.25, 0.3) is 0 Å². The van der Waals surface area contributed by atoms with Crippen molar-refractivity contribution in [1.29, 1.82) is 0 Å². The molecule has 0 aliphatic heterocycles. The summed E-state index contributed by atoms with van der Waals surface area (Å²) in [5.41, 5.74) is 0. The monoisotopic (exact) mass is 116 g/mol. The van der Waals surface area contributed by atoms with Crippen LogP contribution >= 0.6 is 0 Å². The Morgan fingerprint density at radius 2 is 2.12 bits per heavy atom. The molecule has 0 aliphatic rings. The lowest BCUT2D eigenvalue weighted by molar-refractivity contribution is 0.300. The highest BCUT2D eigenvalue weighted by Crippen LogP contribution is 1.88. The fourth-order valence-electron chi connectivity index (χ4n) is 0.515. The summed E-state index contributed by atoms with van der Waals surface area (Å²) in [5, 5.41) is 4.28. The van der Waals surface area contributed by atoms with Crippen molar-refractivity contribution in [3.63, 3.8) is 0 Å². The molecule has 0 aromatic heterocycles. The second kappa shape index (κ2) is 4.56. The van der Waals surface area contributed by atoms with Crippen LogP contribution in [0.5, 0.6) is 0 Å². The van der Waals surface area contributed by atoms with Crippen LogP contribution in [0, 0.1) is 4.91 Å². The summed E-state index contributed by atoms with van der Waals surface area (Å²) in [7, 11) is 0. The van der Waals surface area contributed by atoms with Gasteiger partial charge >= 0.3 is 0 Å². The predicted molar refractivity (Wildman–Crippen MR) is 33.3 cm³/mol. The van der Waals surface area contributed by atoms with Gasteiger partial charge in [0.2, 0.25) is 0 Å². The molecule has 0 saturated heterocycles. The Morgan fingerprint density at radius 1 is 1.50 bits per heavy atom. The van der Waals surface area contributed by atoms with E-state index >= 15 is 0 Å². The predicted octanol–water partition coefficient (Wildman–Crippen LogP) is 1.40. The van der Waals surface area contributed by atoms with Gasteiger partial charge < -0.3 is 0 Å². The third-order valence-electron chi connectivity index (χ3n) is 0.962. The van der Waals surface area contributed by atoms with Gasteiger partial charge in [0.25, 0.3) is 0 Å². The number of hydrogen-bond donors (Lipinski definition) is 0. The summed E-state index contributed by atoms with van der Waals surface area (Å²) in [6.45, 7) is 5.43. The van der Waals surface area contributed by atoms with Crippen molar-refractivity contribution >= 4 is 0 Å². The minimum atomic E-state index is 0.720. The van der Waals surface area contributed by atoms with Crippen LogP contribution in [0.15, 0.2) is 5.29 Å². The highest BCUT2D eigenvalue weighted by molar-refractivity contribution is 4.42. The van der Waals surface area contributed by atoms with Gasteiger partial charge in [0, 0.05) is 13.1 Å². The zero-order valence-corrected chi connectivity index (χ0v) is 5.42. The second-order valence-electron chi connectivity index (χ2n) is 1.63. The number of nitrogens with zero attached hydrogens (tertiary/aromatic N) is 2. The molecule has 0 N–H and O–H groups in total. The van der Waals surface area contributed by atoms with E-state index in [4.69, 9.17) is 0 Å². The summed E-state index contributed by atoms with van der Waals surface area (Å²) in [6, 6.07) is 0. The van der Waals surface area contributed by atoms with Crippen LogP contribution in [0.4, 0.5) is 0 Å². The van der Waals surface area contributed by atoms with Gasteiger partial charge in [-0.05, 0) is 13.3 Å². The van der Waals surface area contributed by atoms with Gasteiger partial charge in [-0.15, -0.1) is 4.91 Å². The topological polar surface area (TPSA) is 32.7 Å². The average Bonchev–Trinajstić information content (AvgIpc) is 1.83. The molecule has 0 radical (unpaired) electrons. The Morgan fingerprint density at radius 3 is 2.25 bits per heavy atom. The maximum atomic E-state index is 9.80. The lowest BCUT2D eigenvalue weighted by atomic mass is 10.5. The zero-order valence-electron chi connectivity index (χ0n) is 5.42. The molecule has 0 fully saturated rings. The summed E-state index contributed by atoms with van der Waals surface area (Å²) in [6.07, 6.45) is 0.986. The van der Waals surface area contributed by atoms with Crippen LogP contribution in [0.1, 0.15) is 20.3 Å². The zero-order chi connectivity index (χ0) is 6.41. The molecular formula is C5H12N2O. The van der Waals surface area contributed by atoms with E-state index in [0.29, 0.717) is 0 Å². The number of rotatable bonds is 4. The van der Waals surface area contributed by atoms with Gasteiger partial charge in [0.05, 0.1) is 5.29 Å². The molecule has 0 saturated carbocycles. The Kier molecular flexibility index (Phi) is 4.21. The third-order valence-corrected chi connectivity index (χ3v) is 0.962. The molecule has 0 rings (SSSR count). The van der Waals surface area contributed by atoms with E-state index in [1.54, 1.807) is 0 Å². The van der Waals surface area contributed by atoms with Gasteiger partial charge in [-0.2, -0.15) is 0 Å². The van der Waals surface area contributed by atoms with E-state index in [-0.39, 0.29) is 0 Å². The minimum absolute atomic E-state index is 0.720. The first-order valence-electron chi connectivity index (χ1n) is 2.93. The van der Waals surface area contributed by atoms with Crippen LogP contribution in [-0.2, 0) is 0 Å². The van der Waals surface area contributed by atoms with E-state index in [9.17, 15) is 4.91 Å². The molecule has 0 unspecified atom stereocenters. The summed E-state index contributed by atoms with van der Waals surface area (Å²) in [4.78, 5) is 9.80. The molecule has 8 heavy (non-hydrogen) atoms. The maximum Gasteiger partial charge on any atom is 0.0523 e. The first kappa shape index (κ1) is 7.40. The molecule has 48 valence electrons. The Bertz CT molecular complexity index is 65.4. The Hall–Kier alpha value is -0.600. The number of nitroso groups, excluding NO2 is 1. The van der Waals surface area contributed by atoms with E-state index < -0.39 is 0 Å². The van der Waals surface area contributed by atoms with Crippen molar-refractivity contribution in [3.05, 3.63) is 4.91 Å². The lowest BCUT2D eigenvalue weighted by Crippen LogP contribution is -2.16. The summed E-state index contributed by atoms with van der Waals surface area (Å²) >= 11 is 0. The molecule has 3 nitrogen and oxygen atoms in total. The van der Waals surface area contributed by atoms with Crippen molar-refractivity contribution in [2.45, 2.75) is 20.3 Å². The minimum Gasteiger partial charge on any atom is -0.261 e. The average molecular weight is 116 g/mol. The van der Waals surface area contributed by atoms with Crippen LogP contribution in [0.3, 0.4) is 0 Å². The summed E-state index contributed by atoms with van der Waals surface area (Å²) < 4.78 is 0. The number of hydrogen-bond acceptors (Lipinski definition) is 2. The van der Waals surface area contributed by atoms with Gasteiger partial charge in [-0.1, -0.05) is 6.92 Å². The standard InChI is InChI=1S/C5H12N2O/c1-3-5-7(4-2)6-8/h3-5H2,1-2H3. The summed E-state index contributed by atoms with van der Waals surface area (Å²) in [5.74, 6) is 0. The molecule has 0 atom stereocenters. The van der Waals surface area contributed by atoms with E-state index in [0.717, 1.165) is 19.5 Å².